The molecule has 1 aliphatic heterocycles. The highest BCUT2D eigenvalue weighted by atomic mass is 32.2. The molecule has 1 heterocycles. The van der Waals surface area contributed by atoms with Gasteiger partial charge < -0.3 is 10.1 Å². The number of rotatable bonds is 6. The highest BCUT2D eigenvalue weighted by Gasteiger charge is 2.35. The molecule has 31 heavy (non-hydrogen) atoms. The average Bonchev–Trinajstić information content (AvgIpc) is 2.77. The van der Waals surface area contributed by atoms with Gasteiger partial charge in [0.1, 0.15) is 12.3 Å². The van der Waals surface area contributed by atoms with Gasteiger partial charge in [-0.3, -0.25) is 9.10 Å². The SMILES string of the molecule is CCOc1ccc(CNC(=O)CN2c3ccc(C)cc3-c3ccccc3S2(=O)=O)cc1. The second kappa shape index (κ2) is 8.43. The summed E-state index contributed by atoms with van der Waals surface area (Å²) in [5.41, 5.74) is 3.91. The van der Waals surface area contributed by atoms with Crippen LogP contribution in [0.4, 0.5) is 5.69 Å². The zero-order valence-electron chi connectivity index (χ0n) is 17.5. The van der Waals surface area contributed by atoms with Crippen LogP contribution in [0.5, 0.6) is 5.75 Å². The fourth-order valence-electron chi connectivity index (χ4n) is 3.67. The Morgan fingerprint density at radius 1 is 1.00 bits per heavy atom. The summed E-state index contributed by atoms with van der Waals surface area (Å²) in [4.78, 5) is 12.9. The van der Waals surface area contributed by atoms with Gasteiger partial charge in [0.15, 0.2) is 0 Å². The first-order chi connectivity index (χ1) is 14.9. The van der Waals surface area contributed by atoms with Gasteiger partial charge in [0.25, 0.3) is 10.0 Å². The van der Waals surface area contributed by atoms with Crippen LogP contribution < -0.4 is 14.4 Å². The first-order valence-corrected chi connectivity index (χ1v) is 11.6. The number of sulfonamides is 1. The van der Waals surface area contributed by atoms with Crippen molar-refractivity contribution >= 4 is 21.6 Å². The zero-order valence-corrected chi connectivity index (χ0v) is 18.3. The topological polar surface area (TPSA) is 75.7 Å². The lowest BCUT2D eigenvalue weighted by Crippen LogP contribution is -2.42. The summed E-state index contributed by atoms with van der Waals surface area (Å²) < 4.78 is 33.2. The van der Waals surface area contributed by atoms with Crippen LogP contribution in [0.25, 0.3) is 11.1 Å². The van der Waals surface area contributed by atoms with E-state index in [9.17, 15) is 13.2 Å². The molecule has 6 nitrogen and oxygen atoms in total. The van der Waals surface area contributed by atoms with Crippen LogP contribution in [0.2, 0.25) is 0 Å². The highest BCUT2D eigenvalue weighted by molar-refractivity contribution is 7.93. The summed E-state index contributed by atoms with van der Waals surface area (Å²) in [5, 5.41) is 2.82. The number of hydrogen-bond acceptors (Lipinski definition) is 4. The fraction of sp³-hybridized carbons (Fsp3) is 0.208. The predicted octanol–water partition coefficient (Wildman–Crippen LogP) is 3.89. The number of anilines is 1. The van der Waals surface area contributed by atoms with Crippen LogP contribution in [-0.4, -0.2) is 27.5 Å². The van der Waals surface area contributed by atoms with Gasteiger partial charge in [-0.25, -0.2) is 8.42 Å². The molecule has 0 aromatic heterocycles. The third kappa shape index (κ3) is 4.14. The quantitative estimate of drug-likeness (QED) is 0.636. The normalized spacial score (nSPS) is 13.8. The summed E-state index contributed by atoms with van der Waals surface area (Å²) in [6.45, 7) is 4.48. The van der Waals surface area contributed by atoms with Crippen LogP contribution in [0.1, 0.15) is 18.1 Å². The Hall–Kier alpha value is -3.32. The summed E-state index contributed by atoms with van der Waals surface area (Å²) in [6.07, 6.45) is 0. The van der Waals surface area contributed by atoms with Gasteiger partial charge in [-0.2, -0.15) is 0 Å². The first kappa shape index (κ1) is 20.9. The number of benzene rings is 3. The summed E-state index contributed by atoms with van der Waals surface area (Å²) in [6, 6.07) is 19.9. The van der Waals surface area contributed by atoms with Crippen molar-refractivity contribution in [3.05, 3.63) is 77.9 Å². The van der Waals surface area contributed by atoms with Gasteiger partial charge in [-0.05, 0) is 49.7 Å². The van der Waals surface area contributed by atoms with E-state index in [1.165, 1.54) is 4.31 Å². The van der Waals surface area contributed by atoms with Crippen molar-refractivity contribution in [1.82, 2.24) is 5.32 Å². The molecule has 0 unspecified atom stereocenters. The minimum atomic E-state index is -3.84. The molecule has 4 rings (SSSR count). The maximum atomic E-state index is 13.3. The van der Waals surface area contributed by atoms with Crippen molar-refractivity contribution in [3.8, 4) is 16.9 Å². The monoisotopic (exact) mass is 436 g/mol. The molecule has 1 N–H and O–H groups in total. The van der Waals surface area contributed by atoms with Crippen molar-refractivity contribution in [2.45, 2.75) is 25.3 Å². The average molecular weight is 437 g/mol. The lowest BCUT2D eigenvalue weighted by atomic mass is 10.0. The molecule has 3 aromatic rings. The number of aryl methyl sites for hydroxylation is 1. The molecule has 0 radical (unpaired) electrons. The second-order valence-corrected chi connectivity index (χ2v) is 9.21. The van der Waals surface area contributed by atoms with Gasteiger partial charge in [0.2, 0.25) is 5.91 Å². The molecule has 0 saturated carbocycles. The molecular formula is C24H24N2O4S. The molecule has 0 atom stereocenters. The van der Waals surface area contributed by atoms with Crippen LogP contribution in [-0.2, 0) is 21.4 Å². The minimum absolute atomic E-state index is 0.215. The van der Waals surface area contributed by atoms with Crippen LogP contribution in [0, 0.1) is 6.92 Å². The maximum Gasteiger partial charge on any atom is 0.265 e. The number of carbonyl (C=O) groups excluding carboxylic acids is 1. The molecule has 0 saturated heterocycles. The molecule has 1 aliphatic rings. The van der Waals surface area contributed by atoms with E-state index in [0.29, 0.717) is 24.4 Å². The molecule has 0 spiro atoms. The van der Waals surface area contributed by atoms with Gasteiger partial charge in [-0.15, -0.1) is 0 Å². The molecule has 0 aliphatic carbocycles. The zero-order chi connectivity index (χ0) is 22.0. The largest absolute Gasteiger partial charge is 0.494 e. The molecule has 3 aromatic carbocycles. The predicted molar refractivity (Wildman–Crippen MR) is 121 cm³/mol. The van der Waals surface area contributed by atoms with E-state index in [0.717, 1.165) is 22.4 Å². The van der Waals surface area contributed by atoms with E-state index >= 15 is 0 Å². The Labute approximate surface area is 182 Å². The number of fused-ring (bicyclic) bond motifs is 3. The molecule has 0 fully saturated rings. The highest BCUT2D eigenvalue weighted by Crippen LogP contribution is 2.43. The smallest absolute Gasteiger partial charge is 0.265 e. The third-order valence-electron chi connectivity index (χ3n) is 5.18. The van der Waals surface area contributed by atoms with Crippen LogP contribution >= 0.6 is 0 Å². The van der Waals surface area contributed by atoms with Crippen molar-refractivity contribution in [2.75, 3.05) is 17.5 Å². The van der Waals surface area contributed by atoms with Crippen molar-refractivity contribution in [1.29, 1.82) is 0 Å². The number of hydrogen-bond donors (Lipinski definition) is 1. The fourth-order valence-corrected chi connectivity index (χ4v) is 5.32. The van der Waals surface area contributed by atoms with Crippen molar-refractivity contribution in [3.63, 3.8) is 0 Å². The standard InChI is InChI=1S/C24H24N2O4S/c1-3-30-19-11-9-18(10-12-19)15-25-24(27)16-26-22-13-8-17(2)14-21(22)20-6-4-5-7-23(20)31(26,28)29/h4-14H,3,15-16H2,1-2H3,(H,25,27). The Bertz CT molecular complexity index is 1220. The van der Waals surface area contributed by atoms with E-state index in [-0.39, 0.29) is 17.3 Å². The lowest BCUT2D eigenvalue weighted by Gasteiger charge is -2.31. The summed E-state index contributed by atoms with van der Waals surface area (Å²) in [5.74, 6) is 0.394. The Morgan fingerprint density at radius 3 is 2.48 bits per heavy atom. The van der Waals surface area contributed by atoms with E-state index in [4.69, 9.17) is 4.74 Å². The van der Waals surface area contributed by atoms with Gasteiger partial charge in [-0.1, -0.05) is 42.0 Å². The Balaban J connectivity index is 1.56. The van der Waals surface area contributed by atoms with E-state index < -0.39 is 10.0 Å². The maximum absolute atomic E-state index is 13.3. The summed E-state index contributed by atoms with van der Waals surface area (Å²) >= 11 is 0. The number of amides is 1. The van der Waals surface area contributed by atoms with Crippen molar-refractivity contribution < 1.29 is 17.9 Å². The van der Waals surface area contributed by atoms with E-state index in [1.807, 2.05) is 56.3 Å². The molecule has 160 valence electrons. The molecule has 7 heteroatoms. The van der Waals surface area contributed by atoms with Crippen LogP contribution in [0.15, 0.2) is 71.6 Å². The van der Waals surface area contributed by atoms with Gasteiger partial charge >= 0.3 is 0 Å². The number of ether oxygens (including phenoxy) is 1. The first-order valence-electron chi connectivity index (χ1n) is 10.1. The Kier molecular flexibility index (Phi) is 5.69. The minimum Gasteiger partial charge on any atom is -0.494 e. The lowest BCUT2D eigenvalue weighted by molar-refractivity contribution is -0.119. The second-order valence-electron chi connectivity index (χ2n) is 7.38. The molecule has 1 amide bonds. The van der Waals surface area contributed by atoms with Crippen molar-refractivity contribution in [2.24, 2.45) is 0 Å². The van der Waals surface area contributed by atoms with Gasteiger partial charge in [0.05, 0.1) is 17.2 Å². The number of carbonyl (C=O) groups is 1. The van der Waals surface area contributed by atoms with Crippen LogP contribution in [0.3, 0.4) is 0 Å². The number of nitrogens with zero attached hydrogens (tertiary/aromatic N) is 1. The third-order valence-corrected chi connectivity index (χ3v) is 7.00. The van der Waals surface area contributed by atoms with E-state index in [2.05, 4.69) is 5.32 Å². The van der Waals surface area contributed by atoms with Gasteiger partial charge in [0, 0.05) is 17.7 Å². The Morgan fingerprint density at radius 2 is 1.74 bits per heavy atom. The van der Waals surface area contributed by atoms with E-state index in [1.54, 1.807) is 24.3 Å². The molecular weight excluding hydrogens is 412 g/mol. The number of nitrogens with one attached hydrogen (secondary N) is 1. The summed E-state index contributed by atoms with van der Waals surface area (Å²) in [7, 11) is -3.84. The molecule has 0 bridgehead atoms.